The van der Waals surface area contributed by atoms with Gasteiger partial charge in [-0.3, -0.25) is 29.8 Å². The molecule has 0 spiro atoms. The van der Waals surface area contributed by atoms with Gasteiger partial charge in [-0.25, -0.2) is 10.9 Å². The average molecular weight is 434 g/mol. The van der Waals surface area contributed by atoms with Gasteiger partial charge < -0.3 is 8.83 Å². The van der Waals surface area contributed by atoms with E-state index < -0.39 is 39.3 Å². The highest BCUT2D eigenvalue weighted by molar-refractivity contribution is 6.00. The van der Waals surface area contributed by atoms with Crippen molar-refractivity contribution in [2.24, 2.45) is 16.1 Å². The molecule has 2 aromatic heterocycles. The summed E-state index contributed by atoms with van der Waals surface area (Å²) < 4.78 is 9.72. The third-order valence-electron chi connectivity index (χ3n) is 3.80. The molecule has 0 saturated heterocycles. The van der Waals surface area contributed by atoms with Gasteiger partial charge in [0.1, 0.15) is 15.8 Å². The van der Waals surface area contributed by atoms with Crippen molar-refractivity contribution in [1.29, 1.82) is 0 Å². The first-order valence-electron chi connectivity index (χ1n) is 8.96. The van der Waals surface area contributed by atoms with Crippen LogP contribution in [0, 0.1) is 26.1 Å². The maximum atomic E-state index is 12.3. The van der Waals surface area contributed by atoms with E-state index in [1.807, 2.05) is 6.92 Å². The Morgan fingerprint density at radius 1 is 0.968 bits per heavy atom. The predicted molar refractivity (Wildman–Crippen MR) is 105 cm³/mol. The van der Waals surface area contributed by atoms with Crippen molar-refractivity contribution in [3.8, 4) is 0 Å². The molecule has 0 aliphatic carbocycles. The highest BCUT2D eigenvalue weighted by atomic mass is 16.7. The van der Waals surface area contributed by atoms with Crippen LogP contribution in [0.1, 0.15) is 37.7 Å². The molecule has 2 N–H and O–H groups in total. The molecule has 0 aromatic carbocycles. The highest BCUT2D eigenvalue weighted by Crippen LogP contribution is 2.15. The summed E-state index contributed by atoms with van der Waals surface area (Å²) in [5.41, 5.74) is 4.36. The van der Waals surface area contributed by atoms with Crippen molar-refractivity contribution in [1.82, 2.24) is 10.9 Å². The molecule has 0 aliphatic rings. The second-order valence-electron chi connectivity index (χ2n) is 6.03. The third-order valence-corrected chi connectivity index (χ3v) is 3.80. The zero-order valence-corrected chi connectivity index (χ0v) is 16.2. The molecule has 0 fully saturated rings. The van der Waals surface area contributed by atoms with Gasteiger partial charge in [-0.2, -0.15) is 10.2 Å². The van der Waals surface area contributed by atoms with E-state index in [4.69, 9.17) is 8.83 Å². The molecular weight excluding hydrogens is 416 g/mol. The van der Waals surface area contributed by atoms with Crippen LogP contribution in [-0.4, -0.2) is 34.1 Å². The minimum Gasteiger partial charge on any atom is -0.400 e. The number of carbonyl (C=O) groups excluding carboxylic acids is 2. The van der Waals surface area contributed by atoms with E-state index in [1.165, 1.54) is 12.1 Å². The second-order valence-corrected chi connectivity index (χ2v) is 6.03. The Bertz CT molecular complexity index is 932. The van der Waals surface area contributed by atoms with Gasteiger partial charge in [0, 0.05) is 0 Å². The molecule has 2 aromatic rings. The molecule has 164 valence electrons. The minimum atomic E-state index is -1.12. The normalized spacial score (nSPS) is 11.3. The first kappa shape index (κ1) is 22.9. The lowest BCUT2D eigenvalue weighted by atomic mass is 10.0. The van der Waals surface area contributed by atoms with Crippen LogP contribution in [0.15, 0.2) is 43.3 Å². The molecule has 31 heavy (non-hydrogen) atoms. The Morgan fingerprint density at radius 2 is 1.42 bits per heavy atom. The number of hydrogen-bond acceptors (Lipinski definition) is 10. The molecule has 14 heteroatoms. The fraction of sp³-hybridized carbons (Fsp3) is 0.294. The number of carbonyl (C=O) groups is 2. The molecule has 0 radical (unpaired) electrons. The predicted octanol–water partition coefficient (Wildman–Crippen LogP) is 2.10. The molecule has 2 amide bonds. The van der Waals surface area contributed by atoms with E-state index in [-0.39, 0.29) is 17.9 Å². The maximum absolute atomic E-state index is 12.3. The Hall–Kier alpha value is -4.36. The maximum Gasteiger partial charge on any atom is 0.433 e. The summed E-state index contributed by atoms with van der Waals surface area (Å²) in [6, 6.07) is 4.85. The average Bonchev–Trinajstić information content (AvgIpc) is 3.38. The van der Waals surface area contributed by atoms with Crippen LogP contribution in [0.25, 0.3) is 0 Å². The number of hydrazone groups is 2. The zero-order valence-electron chi connectivity index (χ0n) is 16.2. The van der Waals surface area contributed by atoms with Crippen molar-refractivity contribution in [3.05, 3.63) is 56.0 Å². The number of furan rings is 2. The lowest BCUT2D eigenvalue weighted by molar-refractivity contribution is -0.402. The number of unbranched alkanes of at least 4 members (excludes halogenated alkanes) is 1. The van der Waals surface area contributed by atoms with Gasteiger partial charge in [0.05, 0.1) is 24.6 Å². The summed E-state index contributed by atoms with van der Waals surface area (Å²) >= 11 is 0. The molecule has 14 nitrogen and oxygen atoms in total. The fourth-order valence-corrected chi connectivity index (χ4v) is 2.28. The van der Waals surface area contributed by atoms with Gasteiger partial charge in [0.15, 0.2) is 11.5 Å². The summed E-state index contributed by atoms with van der Waals surface area (Å²) in [6.07, 6.45) is 3.64. The lowest BCUT2D eigenvalue weighted by Crippen LogP contribution is -2.38. The van der Waals surface area contributed by atoms with Crippen LogP contribution >= 0.6 is 0 Å². The summed E-state index contributed by atoms with van der Waals surface area (Å²) in [5.74, 6) is -3.43. The van der Waals surface area contributed by atoms with E-state index in [0.29, 0.717) is 6.42 Å². The van der Waals surface area contributed by atoms with Gasteiger partial charge in [0.2, 0.25) is 0 Å². The zero-order chi connectivity index (χ0) is 22.8. The van der Waals surface area contributed by atoms with Gasteiger partial charge in [-0.05, 0) is 18.6 Å². The van der Waals surface area contributed by atoms with Crippen molar-refractivity contribution < 1.29 is 28.3 Å². The summed E-state index contributed by atoms with van der Waals surface area (Å²) in [5, 5.41) is 28.4. The molecule has 2 heterocycles. The topological polar surface area (TPSA) is 195 Å². The number of nitro groups is 2. The van der Waals surface area contributed by atoms with E-state index in [2.05, 4.69) is 21.1 Å². The fourth-order valence-electron chi connectivity index (χ4n) is 2.28. The molecule has 2 rings (SSSR count). The van der Waals surface area contributed by atoms with E-state index in [0.717, 1.165) is 31.0 Å². The molecule has 0 atom stereocenters. The smallest absolute Gasteiger partial charge is 0.400 e. The number of rotatable bonds is 11. The highest BCUT2D eigenvalue weighted by Gasteiger charge is 2.26. The molecule has 0 saturated carbocycles. The van der Waals surface area contributed by atoms with Crippen molar-refractivity contribution in [3.63, 3.8) is 0 Å². The number of hydrogen-bond donors (Lipinski definition) is 2. The number of amides is 2. The second kappa shape index (κ2) is 11.0. The van der Waals surface area contributed by atoms with Crippen LogP contribution in [0.5, 0.6) is 0 Å². The summed E-state index contributed by atoms with van der Waals surface area (Å²) in [7, 11) is 0. The van der Waals surface area contributed by atoms with Crippen LogP contribution in [0.4, 0.5) is 11.8 Å². The Kier molecular flexibility index (Phi) is 8.13. The molecule has 0 bridgehead atoms. The molecule has 0 aliphatic heterocycles. The van der Waals surface area contributed by atoms with Crippen LogP contribution in [0.2, 0.25) is 0 Å². The van der Waals surface area contributed by atoms with Gasteiger partial charge in [-0.15, -0.1) is 0 Å². The Labute approximate surface area is 174 Å². The van der Waals surface area contributed by atoms with Crippen molar-refractivity contribution in [2.75, 3.05) is 0 Å². The minimum absolute atomic E-state index is 0.0405. The molecule has 0 unspecified atom stereocenters. The largest absolute Gasteiger partial charge is 0.433 e. The van der Waals surface area contributed by atoms with Gasteiger partial charge in [-0.1, -0.05) is 19.8 Å². The Balaban J connectivity index is 1.96. The molecular formula is C17H18N6O8. The van der Waals surface area contributed by atoms with Gasteiger partial charge >= 0.3 is 11.8 Å². The Morgan fingerprint density at radius 3 is 1.77 bits per heavy atom. The number of nitrogens with zero attached hydrogens (tertiary/aromatic N) is 4. The monoisotopic (exact) mass is 434 g/mol. The standard InChI is InChI=1S/C17H18N6O8/c1-2-3-4-13(16(24)20-18-9-11-5-7-14(30-11)22(26)27)17(25)21-19-10-12-6-8-15(31-12)23(28)29/h5-10,13H,2-4H2,1H3,(H,20,24)(H,21,25)/b18-9+,19-10+. The third kappa shape index (κ3) is 6.88. The van der Waals surface area contributed by atoms with Crippen molar-refractivity contribution >= 4 is 36.0 Å². The first-order chi connectivity index (χ1) is 14.8. The number of nitrogens with one attached hydrogen (secondary N) is 2. The summed E-state index contributed by atoms with van der Waals surface area (Å²) in [4.78, 5) is 44.4. The van der Waals surface area contributed by atoms with E-state index in [9.17, 15) is 29.8 Å². The van der Waals surface area contributed by atoms with Crippen LogP contribution in [-0.2, 0) is 9.59 Å². The van der Waals surface area contributed by atoms with E-state index >= 15 is 0 Å². The first-order valence-corrected chi connectivity index (χ1v) is 8.96. The lowest BCUT2D eigenvalue weighted by Gasteiger charge is -2.12. The van der Waals surface area contributed by atoms with Crippen LogP contribution in [0.3, 0.4) is 0 Å². The van der Waals surface area contributed by atoms with Crippen LogP contribution < -0.4 is 10.9 Å². The van der Waals surface area contributed by atoms with Gasteiger partial charge in [0.25, 0.3) is 11.8 Å². The quantitative estimate of drug-likeness (QED) is 0.232. The SMILES string of the molecule is CCCCC(C(=O)N/N=C/c1ccc([N+](=O)[O-])o1)C(=O)N/N=C/c1ccc([N+](=O)[O-])o1. The van der Waals surface area contributed by atoms with Crippen molar-refractivity contribution in [2.45, 2.75) is 26.2 Å². The summed E-state index contributed by atoms with van der Waals surface area (Å²) in [6.45, 7) is 1.89. The van der Waals surface area contributed by atoms with E-state index in [1.54, 1.807) is 0 Å².